The van der Waals surface area contributed by atoms with Gasteiger partial charge < -0.3 is 10.6 Å². The third kappa shape index (κ3) is 2.88. The van der Waals surface area contributed by atoms with E-state index in [0.717, 1.165) is 16.9 Å². The lowest BCUT2D eigenvalue weighted by atomic mass is 10.1. The molecule has 0 fully saturated rings. The van der Waals surface area contributed by atoms with Gasteiger partial charge in [-0.05, 0) is 36.8 Å². The first-order valence-electron chi connectivity index (χ1n) is 5.89. The molecule has 0 saturated heterocycles. The van der Waals surface area contributed by atoms with Crippen LogP contribution < -0.4 is 10.6 Å². The second-order valence-electron chi connectivity index (χ2n) is 4.37. The number of rotatable bonds is 3. The maximum Gasteiger partial charge on any atom is 0.106 e. The number of benzene rings is 2. The maximum absolute atomic E-state index is 6.08. The van der Waals surface area contributed by atoms with Gasteiger partial charge in [0.1, 0.15) is 4.99 Å². The van der Waals surface area contributed by atoms with Crippen LogP contribution in [0.4, 0.5) is 11.4 Å². The van der Waals surface area contributed by atoms with Crippen molar-refractivity contribution in [2.45, 2.75) is 6.92 Å². The lowest BCUT2D eigenvalue weighted by Crippen LogP contribution is -2.18. The normalized spacial score (nSPS) is 10.3. The summed E-state index contributed by atoms with van der Waals surface area (Å²) >= 11 is 11.2. The third-order valence-electron chi connectivity index (χ3n) is 3.06. The number of nitrogens with two attached hydrogens (primary N) is 1. The molecule has 0 spiro atoms. The number of anilines is 2. The van der Waals surface area contributed by atoms with Crippen LogP contribution in [-0.4, -0.2) is 12.0 Å². The van der Waals surface area contributed by atoms with Gasteiger partial charge >= 0.3 is 0 Å². The summed E-state index contributed by atoms with van der Waals surface area (Å²) in [6, 6.07) is 13.7. The number of para-hydroxylation sites is 1. The maximum atomic E-state index is 6.08. The first-order chi connectivity index (χ1) is 9.00. The van der Waals surface area contributed by atoms with Crippen molar-refractivity contribution in [2.24, 2.45) is 5.73 Å². The average molecular weight is 291 g/mol. The quantitative estimate of drug-likeness (QED) is 0.865. The zero-order valence-electron chi connectivity index (χ0n) is 10.9. The first-order valence-corrected chi connectivity index (χ1v) is 6.68. The van der Waals surface area contributed by atoms with Crippen LogP contribution in [0.15, 0.2) is 42.5 Å². The molecule has 0 amide bonds. The van der Waals surface area contributed by atoms with Crippen LogP contribution in [0.5, 0.6) is 0 Å². The highest BCUT2D eigenvalue weighted by molar-refractivity contribution is 7.80. The lowest BCUT2D eigenvalue weighted by Gasteiger charge is -2.24. The largest absolute Gasteiger partial charge is 0.389 e. The fourth-order valence-electron chi connectivity index (χ4n) is 2.06. The molecule has 2 aromatic rings. The van der Waals surface area contributed by atoms with E-state index < -0.39 is 0 Å². The molecule has 98 valence electrons. The van der Waals surface area contributed by atoms with Crippen molar-refractivity contribution in [1.82, 2.24) is 0 Å². The predicted octanol–water partition coefficient (Wildman–Crippen LogP) is 4.05. The summed E-state index contributed by atoms with van der Waals surface area (Å²) < 4.78 is 0. The van der Waals surface area contributed by atoms with Crippen molar-refractivity contribution in [3.05, 3.63) is 58.6 Å². The molecule has 0 aliphatic heterocycles. The Morgan fingerprint density at radius 2 is 1.84 bits per heavy atom. The Morgan fingerprint density at radius 1 is 1.16 bits per heavy atom. The molecule has 0 aromatic heterocycles. The van der Waals surface area contributed by atoms with Crippen molar-refractivity contribution in [2.75, 3.05) is 11.9 Å². The highest BCUT2D eigenvalue weighted by atomic mass is 35.5. The molecule has 0 radical (unpaired) electrons. The number of halogens is 1. The van der Waals surface area contributed by atoms with Gasteiger partial charge in [-0.25, -0.2) is 0 Å². The summed E-state index contributed by atoms with van der Waals surface area (Å²) in [6.07, 6.45) is 0. The van der Waals surface area contributed by atoms with E-state index >= 15 is 0 Å². The third-order valence-corrected chi connectivity index (χ3v) is 3.52. The highest BCUT2D eigenvalue weighted by Crippen LogP contribution is 2.31. The Morgan fingerprint density at radius 3 is 2.47 bits per heavy atom. The minimum Gasteiger partial charge on any atom is -0.389 e. The zero-order valence-corrected chi connectivity index (χ0v) is 12.4. The van der Waals surface area contributed by atoms with Crippen LogP contribution in [0.3, 0.4) is 0 Å². The highest BCUT2D eigenvalue weighted by Gasteiger charge is 2.13. The van der Waals surface area contributed by atoms with Crippen molar-refractivity contribution in [3.63, 3.8) is 0 Å². The SMILES string of the molecule is Cc1ccccc1N(C)c1cc(Cl)ccc1C(N)=S. The zero-order chi connectivity index (χ0) is 14.0. The molecule has 0 heterocycles. The summed E-state index contributed by atoms with van der Waals surface area (Å²) in [6.45, 7) is 2.07. The predicted molar refractivity (Wildman–Crippen MR) is 86.6 cm³/mol. The first kappa shape index (κ1) is 13.8. The molecule has 0 unspecified atom stereocenters. The van der Waals surface area contributed by atoms with E-state index in [9.17, 15) is 0 Å². The van der Waals surface area contributed by atoms with Crippen LogP contribution in [0.25, 0.3) is 0 Å². The Labute approximate surface area is 123 Å². The van der Waals surface area contributed by atoms with Crippen molar-refractivity contribution in [1.29, 1.82) is 0 Å². The molecule has 0 aliphatic carbocycles. The molecule has 0 aliphatic rings. The van der Waals surface area contributed by atoms with Gasteiger partial charge in [0.15, 0.2) is 0 Å². The molecule has 2 rings (SSSR count). The van der Waals surface area contributed by atoms with Crippen molar-refractivity contribution < 1.29 is 0 Å². The number of nitrogens with zero attached hydrogens (tertiary/aromatic N) is 1. The number of thiocarbonyl (C=S) groups is 1. The van der Waals surface area contributed by atoms with Crippen LogP contribution in [0, 0.1) is 6.92 Å². The van der Waals surface area contributed by atoms with Gasteiger partial charge in [-0.2, -0.15) is 0 Å². The monoisotopic (exact) mass is 290 g/mol. The Bertz CT molecular complexity index is 625. The topological polar surface area (TPSA) is 29.3 Å². The number of aryl methyl sites for hydroxylation is 1. The van der Waals surface area contributed by atoms with Gasteiger partial charge in [-0.3, -0.25) is 0 Å². The van der Waals surface area contributed by atoms with Crippen molar-refractivity contribution >= 4 is 40.2 Å². The van der Waals surface area contributed by atoms with E-state index in [1.807, 2.05) is 31.3 Å². The van der Waals surface area contributed by atoms with Crippen LogP contribution in [0.1, 0.15) is 11.1 Å². The average Bonchev–Trinajstić information content (AvgIpc) is 2.38. The Balaban J connectivity index is 2.55. The van der Waals surface area contributed by atoms with E-state index in [-0.39, 0.29) is 0 Å². The molecule has 19 heavy (non-hydrogen) atoms. The van der Waals surface area contributed by atoms with Crippen LogP contribution >= 0.6 is 23.8 Å². The minimum absolute atomic E-state index is 0.368. The minimum atomic E-state index is 0.368. The number of hydrogen-bond acceptors (Lipinski definition) is 2. The van der Waals surface area contributed by atoms with Crippen LogP contribution in [0.2, 0.25) is 5.02 Å². The molecule has 2 N–H and O–H groups in total. The molecule has 0 saturated carbocycles. The number of hydrogen-bond donors (Lipinski definition) is 1. The van der Waals surface area contributed by atoms with E-state index in [4.69, 9.17) is 29.6 Å². The van der Waals surface area contributed by atoms with Crippen molar-refractivity contribution in [3.8, 4) is 0 Å². The molecular weight excluding hydrogens is 276 g/mol. The second-order valence-corrected chi connectivity index (χ2v) is 5.25. The summed E-state index contributed by atoms with van der Waals surface area (Å²) in [5, 5.41) is 0.662. The van der Waals surface area contributed by atoms with Crippen LogP contribution in [-0.2, 0) is 0 Å². The Kier molecular flexibility index (Phi) is 4.08. The molecule has 4 heteroatoms. The van der Waals surface area contributed by atoms with E-state index in [0.29, 0.717) is 10.0 Å². The summed E-state index contributed by atoms with van der Waals surface area (Å²) in [5.41, 5.74) is 9.79. The fourth-order valence-corrected chi connectivity index (χ4v) is 2.40. The smallest absolute Gasteiger partial charge is 0.106 e. The summed E-state index contributed by atoms with van der Waals surface area (Å²) in [5.74, 6) is 0. The van der Waals surface area contributed by atoms with Gasteiger partial charge in [0.25, 0.3) is 0 Å². The summed E-state index contributed by atoms with van der Waals surface area (Å²) in [7, 11) is 1.98. The van der Waals surface area contributed by atoms with Gasteiger partial charge in [0, 0.05) is 23.3 Å². The Hall–Kier alpha value is -1.58. The molecular formula is C15H15ClN2S. The second kappa shape index (κ2) is 5.59. The summed E-state index contributed by atoms with van der Waals surface area (Å²) in [4.78, 5) is 2.42. The van der Waals surface area contributed by atoms with Gasteiger partial charge in [0.05, 0.1) is 5.69 Å². The molecule has 0 bridgehead atoms. The fraction of sp³-hybridized carbons (Fsp3) is 0.133. The molecule has 0 atom stereocenters. The van der Waals surface area contributed by atoms with E-state index in [1.54, 1.807) is 6.07 Å². The lowest BCUT2D eigenvalue weighted by molar-refractivity contribution is 1.18. The van der Waals surface area contributed by atoms with Gasteiger partial charge in [-0.15, -0.1) is 0 Å². The van der Waals surface area contributed by atoms with Gasteiger partial charge in [0.2, 0.25) is 0 Å². The van der Waals surface area contributed by atoms with E-state index in [1.165, 1.54) is 5.56 Å². The van der Waals surface area contributed by atoms with Gasteiger partial charge in [-0.1, -0.05) is 42.0 Å². The van der Waals surface area contributed by atoms with E-state index in [2.05, 4.69) is 24.0 Å². The molecule has 2 aromatic carbocycles. The standard InChI is InChI=1S/C15H15ClN2S/c1-10-5-3-4-6-13(10)18(2)14-9-11(16)7-8-12(14)15(17)19/h3-9H,1-2H3,(H2,17,19). The molecule has 2 nitrogen and oxygen atoms in total.